The number of primary amides is 1. The van der Waals surface area contributed by atoms with Gasteiger partial charge in [0.2, 0.25) is 11.6 Å². The minimum Gasteiger partial charge on any atom is -0.508 e. The Labute approximate surface area is 227 Å². The number of Topliss-reactive ketones (excluding diaryl/α,β-unsaturated/α-hetero) is 2. The minimum absolute atomic E-state index is 0.0416. The lowest BCUT2D eigenvalue weighted by atomic mass is 9.62. The quantitative estimate of drug-likeness (QED) is 0.242. The third kappa shape index (κ3) is 3.48. The van der Waals surface area contributed by atoms with E-state index in [4.69, 9.17) is 19.9 Å². The summed E-state index contributed by atoms with van der Waals surface area (Å²) in [4.78, 5) is 38.9. The van der Waals surface area contributed by atoms with Crippen molar-refractivity contribution in [3.63, 3.8) is 0 Å². The van der Waals surface area contributed by atoms with Crippen LogP contribution in [0.25, 0.3) is 10.8 Å². The Morgan fingerprint density at radius 2 is 1.77 bits per heavy atom. The van der Waals surface area contributed by atoms with Gasteiger partial charge in [-0.1, -0.05) is 6.07 Å². The van der Waals surface area contributed by atoms with Gasteiger partial charge in [0.25, 0.3) is 5.91 Å². The highest BCUT2D eigenvalue weighted by Crippen LogP contribution is 2.54. The van der Waals surface area contributed by atoms with Gasteiger partial charge in [-0.05, 0) is 19.4 Å². The highest BCUT2D eigenvalue weighted by molar-refractivity contribution is 6.25. The zero-order valence-electron chi connectivity index (χ0n) is 21.7. The molecule has 1 heterocycles. The Bertz CT molecular complexity index is 1490. The van der Waals surface area contributed by atoms with E-state index in [2.05, 4.69) is 0 Å². The lowest BCUT2D eigenvalue weighted by molar-refractivity contribution is -0.163. The van der Waals surface area contributed by atoms with Crippen LogP contribution in [0.2, 0.25) is 0 Å². The number of ether oxygens (including phenoxy) is 3. The maximum atomic E-state index is 14.1. The molecule has 1 saturated heterocycles. The van der Waals surface area contributed by atoms with Crippen LogP contribution in [0, 0.1) is 5.92 Å². The van der Waals surface area contributed by atoms with E-state index in [0.717, 1.165) is 7.11 Å². The number of aromatic hydroxyl groups is 2. The summed E-state index contributed by atoms with van der Waals surface area (Å²) in [6, 6.07) is 2.99. The summed E-state index contributed by atoms with van der Waals surface area (Å²) in [5.74, 6) is -7.34. The first kappa shape index (κ1) is 27.8. The molecule has 1 amide bonds. The standard InChI is InChI=1S/C27H29NO12/c1-8-18(30)13(29)7-14(40-8)9-4-5-10-15(19(9)31)21(33)16-11(23(10)38-2)6-12-20(32)22(34)17(26(28)37)25(36)27(12,39-3)24(16)35/h4-5,8,12-14,18,20,29-33,36H,6-7H2,1-3H3,(H2,28,37)/t8-,12+,13-,14-,18-,20-,27+/m1/s1. The van der Waals surface area contributed by atoms with Gasteiger partial charge in [0.1, 0.15) is 40.8 Å². The predicted molar refractivity (Wildman–Crippen MR) is 135 cm³/mol. The van der Waals surface area contributed by atoms with Crippen LogP contribution in [0.5, 0.6) is 17.2 Å². The van der Waals surface area contributed by atoms with Crippen molar-refractivity contribution >= 4 is 28.2 Å². The van der Waals surface area contributed by atoms with Gasteiger partial charge in [-0.2, -0.15) is 0 Å². The Kier molecular flexibility index (Phi) is 6.55. The molecule has 0 radical (unpaired) electrons. The van der Waals surface area contributed by atoms with Crippen molar-refractivity contribution in [3.8, 4) is 17.2 Å². The van der Waals surface area contributed by atoms with E-state index in [1.165, 1.54) is 19.2 Å². The molecule has 214 valence electrons. The van der Waals surface area contributed by atoms with Gasteiger partial charge in [-0.15, -0.1) is 0 Å². The minimum atomic E-state index is -2.46. The molecule has 40 heavy (non-hydrogen) atoms. The van der Waals surface area contributed by atoms with Crippen molar-refractivity contribution in [3.05, 3.63) is 40.2 Å². The first-order valence-corrected chi connectivity index (χ1v) is 12.5. The summed E-state index contributed by atoms with van der Waals surface area (Å²) in [5, 5.41) is 64.9. The molecule has 0 saturated carbocycles. The van der Waals surface area contributed by atoms with Crippen molar-refractivity contribution in [2.45, 2.75) is 55.9 Å². The van der Waals surface area contributed by atoms with Crippen molar-refractivity contribution in [1.29, 1.82) is 0 Å². The number of carbonyl (C=O) groups excluding carboxylic acids is 3. The monoisotopic (exact) mass is 559 g/mol. The van der Waals surface area contributed by atoms with Gasteiger partial charge in [0.15, 0.2) is 5.60 Å². The second kappa shape index (κ2) is 9.42. The molecule has 0 spiro atoms. The summed E-state index contributed by atoms with van der Waals surface area (Å²) in [7, 11) is 2.31. The van der Waals surface area contributed by atoms with Crippen LogP contribution in [0.1, 0.15) is 40.9 Å². The number of aliphatic hydroxyl groups is 4. The van der Waals surface area contributed by atoms with E-state index >= 15 is 0 Å². The van der Waals surface area contributed by atoms with Crippen LogP contribution < -0.4 is 10.5 Å². The van der Waals surface area contributed by atoms with Gasteiger partial charge in [-0.25, -0.2) is 0 Å². The first-order valence-electron chi connectivity index (χ1n) is 12.5. The summed E-state index contributed by atoms with van der Waals surface area (Å²) >= 11 is 0. The lowest BCUT2D eigenvalue weighted by Gasteiger charge is -2.46. The fourth-order valence-electron chi connectivity index (χ4n) is 6.33. The number of rotatable bonds is 4. The Hall–Kier alpha value is -3.75. The van der Waals surface area contributed by atoms with Crippen molar-refractivity contribution < 1.29 is 59.2 Å². The van der Waals surface area contributed by atoms with Crippen molar-refractivity contribution in [2.24, 2.45) is 11.7 Å². The number of amides is 1. The molecule has 3 aliphatic rings. The van der Waals surface area contributed by atoms with Crippen LogP contribution in [0.4, 0.5) is 0 Å². The molecule has 8 N–H and O–H groups in total. The smallest absolute Gasteiger partial charge is 0.255 e. The first-order chi connectivity index (χ1) is 18.8. The summed E-state index contributed by atoms with van der Waals surface area (Å²) in [6.07, 6.45) is -6.30. The molecule has 1 aliphatic heterocycles. The van der Waals surface area contributed by atoms with E-state index in [1.807, 2.05) is 0 Å². The Morgan fingerprint density at radius 3 is 2.35 bits per heavy atom. The second-order valence-electron chi connectivity index (χ2n) is 10.3. The van der Waals surface area contributed by atoms with Gasteiger partial charge in [-0.3, -0.25) is 14.4 Å². The van der Waals surface area contributed by atoms with E-state index in [1.54, 1.807) is 6.92 Å². The number of fused-ring (bicyclic) bond motifs is 3. The molecule has 5 rings (SSSR count). The maximum absolute atomic E-state index is 14.1. The molecule has 7 atom stereocenters. The molecule has 2 aliphatic carbocycles. The molecule has 0 unspecified atom stereocenters. The third-order valence-electron chi connectivity index (χ3n) is 8.33. The van der Waals surface area contributed by atoms with Crippen molar-refractivity contribution in [2.75, 3.05) is 14.2 Å². The number of hydrogen-bond donors (Lipinski definition) is 7. The fourth-order valence-corrected chi connectivity index (χ4v) is 6.33. The molecule has 1 fully saturated rings. The van der Waals surface area contributed by atoms with Crippen LogP contribution in [-0.4, -0.2) is 92.3 Å². The van der Waals surface area contributed by atoms with Gasteiger partial charge < -0.3 is 50.6 Å². The highest BCUT2D eigenvalue weighted by atomic mass is 16.5. The SMILES string of the molecule is COc1c2c(c(O)c3c(O)c([C@H]4C[C@@H](O)[C@H](O)[C@@H](C)O4)ccc13)C(=O)[C@]1(OC)C(O)=C(C(N)=O)C(=O)[C@H](O)[C@@H]1C2. The fraction of sp³-hybridized carbons (Fsp3) is 0.444. The second-order valence-corrected chi connectivity index (χ2v) is 10.3. The molecular weight excluding hydrogens is 530 g/mol. The van der Waals surface area contributed by atoms with Crippen LogP contribution in [0.15, 0.2) is 23.5 Å². The molecule has 2 aromatic rings. The maximum Gasteiger partial charge on any atom is 0.255 e. The average Bonchev–Trinajstić information content (AvgIpc) is 2.90. The number of ketones is 2. The number of methoxy groups -OCH3 is 2. The molecule has 0 aromatic heterocycles. The number of hydrogen-bond acceptors (Lipinski definition) is 12. The Morgan fingerprint density at radius 1 is 1.10 bits per heavy atom. The van der Waals surface area contributed by atoms with Gasteiger partial charge >= 0.3 is 0 Å². The summed E-state index contributed by atoms with van der Waals surface area (Å²) in [6.45, 7) is 1.55. The van der Waals surface area contributed by atoms with E-state index in [0.29, 0.717) is 0 Å². The third-order valence-corrected chi connectivity index (χ3v) is 8.33. The number of aliphatic hydroxyl groups excluding tert-OH is 4. The normalized spacial score (nSPS) is 32.1. The highest BCUT2D eigenvalue weighted by Gasteiger charge is 2.63. The van der Waals surface area contributed by atoms with Crippen LogP contribution >= 0.6 is 0 Å². The molecule has 13 nitrogen and oxygen atoms in total. The van der Waals surface area contributed by atoms with Crippen LogP contribution in [-0.2, 0) is 25.5 Å². The summed E-state index contributed by atoms with van der Waals surface area (Å²) in [5.41, 5.74) is 1.61. The van der Waals surface area contributed by atoms with E-state index in [-0.39, 0.29) is 40.5 Å². The van der Waals surface area contributed by atoms with Gasteiger partial charge in [0.05, 0.1) is 36.4 Å². The largest absolute Gasteiger partial charge is 0.508 e. The Balaban J connectivity index is 1.78. The topological polar surface area (TPSA) is 226 Å². The molecule has 0 bridgehead atoms. The lowest BCUT2D eigenvalue weighted by Crippen LogP contribution is -2.62. The number of phenols is 2. The van der Waals surface area contributed by atoms with E-state index in [9.17, 15) is 45.0 Å². The van der Waals surface area contributed by atoms with Gasteiger partial charge in [0, 0.05) is 36.0 Å². The number of carbonyl (C=O) groups is 3. The zero-order valence-corrected chi connectivity index (χ0v) is 21.7. The van der Waals surface area contributed by atoms with E-state index < -0.39 is 87.9 Å². The zero-order chi connectivity index (χ0) is 29.4. The predicted octanol–water partition coefficient (Wildman–Crippen LogP) is -0.188. The number of phenolic OH excluding ortho intramolecular Hbond substituents is 2. The number of nitrogens with two attached hydrogens (primary N) is 1. The summed E-state index contributed by atoms with van der Waals surface area (Å²) < 4.78 is 16.8. The molecule has 2 aromatic carbocycles. The van der Waals surface area contributed by atoms with Crippen LogP contribution in [0.3, 0.4) is 0 Å². The molecular formula is C27H29NO12. The average molecular weight is 560 g/mol. The number of benzene rings is 2. The van der Waals surface area contributed by atoms with Crippen molar-refractivity contribution in [1.82, 2.24) is 0 Å². The molecule has 13 heteroatoms.